The minimum atomic E-state index is -0.446. The van der Waals surface area contributed by atoms with Crippen molar-refractivity contribution in [1.29, 1.82) is 0 Å². The maximum atomic E-state index is 11.7. The number of carbonyl (C=O) groups excluding carboxylic acids is 1. The molecule has 0 aliphatic carbocycles. The van der Waals surface area contributed by atoms with Crippen LogP contribution in [0.1, 0.15) is 32.8 Å². The molecule has 0 aliphatic rings. The Hall–Kier alpha value is -1.39. The van der Waals surface area contributed by atoms with Crippen molar-refractivity contribution < 1.29 is 14.6 Å². The summed E-state index contributed by atoms with van der Waals surface area (Å²) in [6.07, 6.45) is 0.337. The second-order valence-corrected chi connectivity index (χ2v) is 5.82. The van der Waals surface area contributed by atoms with E-state index in [-0.39, 0.29) is 12.6 Å². The standard InChI is InChI=1S/C16H25NO3/c1-16(2,3)20-15(19)9-10-17(11-12-18)13-14-7-5-4-6-8-14/h4-8,18H,9-13H2,1-3H3. The number of carbonyl (C=O) groups is 1. The van der Waals surface area contributed by atoms with Crippen LogP contribution >= 0.6 is 0 Å². The summed E-state index contributed by atoms with van der Waals surface area (Å²) < 4.78 is 5.29. The molecular weight excluding hydrogens is 254 g/mol. The molecule has 1 aromatic rings. The van der Waals surface area contributed by atoms with Gasteiger partial charge in [0, 0.05) is 19.6 Å². The zero-order valence-corrected chi connectivity index (χ0v) is 12.6. The Kier molecular flexibility index (Phi) is 6.68. The fraction of sp³-hybridized carbons (Fsp3) is 0.562. The Morgan fingerprint density at radius 2 is 1.85 bits per heavy atom. The topological polar surface area (TPSA) is 49.8 Å². The Morgan fingerprint density at radius 1 is 1.20 bits per heavy atom. The van der Waals surface area contributed by atoms with Gasteiger partial charge in [-0.25, -0.2) is 0 Å². The molecule has 0 atom stereocenters. The van der Waals surface area contributed by atoms with Crippen LogP contribution in [0, 0.1) is 0 Å². The molecule has 0 unspecified atom stereocenters. The predicted molar refractivity (Wildman–Crippen MR) is 79.3 cm³/mol. The monoisotopic (exact) mass is 279 g/mol. The van der Waals surface area contributed by atoms with Gasteiger partial charge in [-0.2, -0.15) is 0 Å². The highest BCUT2D eigenvalue weighted by Crippen LogP contribution is 2.10. The Balaban J connectivity index is 2.45. The lowest BCUT2D eigenvalue weighted by atomic mass is 10.2. The molecule has 0 saturated heterocycles. The quantitative estimate of drug-likeness (QED) is 0.778. The summed E-state index contributed by atoms with van der Waals surface area (Å²) in [5, 5.41) is 9.11. The van der Waals surface area contributed by atoms with Gasteiger partial charge >= 0.3 is 5.97 Å². The van der Waals surface area contributed by atoms with E-state index >= 15 is 0 Å². The lowest BCUT2D eigenvalue weighted by Gasteiger charge is -2.23. The van der Waals surface area contributed by atoms with Crippen molar-refractivity contribution >= 4 is 5.97 Å². The molecule has 1 N–H and O–H groups in total. The first-order valence-corrected chi connectivity index (χ1v) is 7.00. The predicted octanol–water partition coefficient (Wildman–Crippen LogP) is 2.21. The maximum Gasteiger partial charge on any atom is 0.307 e. The van der Waals surface area contributed by atoms with E-state index in [1.165, 1.54) is 5.56 Å². The van der Waals surface area contributed by atoms with E-state index in [1.54, 1.807) is 0 Å². The molecule has 112 valence electrons. The van der Waals surface area contributed by atoms with Gasteiger partial charge in [-0.05, 0) is 26.3 Å². The van der Waals surface area contributed by atoms with Gasteiger partial charge in [-0.15, -0.1) is 0 Å². The van der Waals surface area contributed by atoms with Crippen LogP contribution in [-0.4, -0.2) is 41.3 Å². The smallest absolute Gasteiger partial charge is 0.307 e. The molecule has 0 bridgehead atoms. The molecular formula is C16H25NO3. The molecule has 20 heavy (non-hydrogen) atoms. The molecule has 0 spiro atoms. The number of aliphatic hydroxyl groups is 1. The van der Waals surface area contributed by atoms with Gasteiger partial charge in [0.2, 0.25) is 0 Å². The van der Waals surface area contributed by atoms with Crippen LogP contribution in [0.25, 0.3) is 0 Å². The van der Waals surface area contributed by atoms with Crippen molar-refractivity contribution in [3.63, 3.8) is 0 Å². The van der Waals surface area contributed by atoms with Gasteiger partial charge < -0.3 is 9.84 Å². The van der Waals surface area contributed by atoms with Gasteiger partial charge in [0.05, 0.1) is 13.0 Å². The zero-order valence-electron chi connectivity index (χ0n) is 12.6. The van der Waals surface area contributed by atoms with Crippen molar-refractivity contribution in [3.05, 3.63) is 35.9 Å². The highest BCUT2D eigenvalue weighted by molar-refractivity contribution is 5.70. The van der Waals surface area contributed by atoms with Crippen LogP contribution in [-0.2, 0) is 16.1 Å². The van der Waals surface area contributed by atoms with Crippen molar-refractivity contribution in [2.75, 3.05) is 19.7 Å². The first kappa shape index (κ1) is 16.7. The molecule has 0 amide bonds. The third kappa shape index (κ3) is 7.26. The summed E-state index contributed by atoms with van der Waals surface area (Å²) in [6, 6.07) is 10.0. The summed E-state index contributed by atoms with van der Waals surface area (Å²) in [6.45, 7) is 7.54. The molecule has 0 radical (unpaired) electrons. The molecule has 4 nitrogen and oxygen atoms in total. The van der Waals surface area contributed by atoms with Gasteiger partial charge in [0.1, 0.15) is 5.60 Å². The van der Waals surface area contributed by atoms with Gasteiger partial charge in [0.25, 0.3) is 0 Å². The van der Waals surface area contributed by atoms with Crippen molar-refractivity contribution in [1.82, 2.24) is 4.90 Å². The third-order valence-electron chi connectivity index (χ3n) is 2.72. The van der Waals surface area contributed by atoms with E-state index in [0.717, 1.165) is 6.54 Å². The van der Waals surface area contributed by atoms with Crippen molar-refractivity contribution in [3.8, 4) is 0 Å². The highest BCUT2D eigenvalue weighted by atomic mass is 16.6. The highest BCUT2D eigenvalue weighted by Gasteiger charge is 2.17. The number of hydrogen-bond acceptors (Lipinski definition) is 4. The molecule has 0 fully saturated rings. The van der Waals surface area contributed by atoms with Crippen LogP contribution < -0.4 is 0 Å². The number of rotatable bonds is 7. The summed E-state index contributed by atoms with van der Waals surface area (Å²) in [7, 11) is 0. The zero-order chi connectivity index (χ0) is 15.0. The first-order valence-electron chi connectivity index (χ1n) is 7.00. The number of esters is 1. The second kappa shape index (κ2) is 8.02. The normalized spacial score (nSPS) is 11.7. The van der Waals surface area contributed by atoms with Gasteiger partial charge in [-0.1, -0.05) is 30.3 Å². The molecule has 0 saturated carbocycles. The molecule has 1 rings (SSSR count). The Bertz CT molecular complexity index is 398. The van der Waals surface area contributed by atoms with Crippen LogP contribution in [0.4, 0.5) is 0 Å². The molecule has 4 heteroatoms. The van der Waals surface area contributed by atoms with Crippen molar-refractivity contribution in [2.45, 2.75) is 39.3 Å². The Labute approximate surface area is 121 Å². The van der Waals surface area contributed by atoms with Gasteiger partial charge in [-0.3, -0.25) is 9.69 Å². The molecule has 0 aliphatic heterocycles. The minimum absolute atomic E-state index is 0.0845. The minimum Gasteiger partial charge on any atom is -0.460 e. The number of nitrogens with zero attached hydrogens (tertiary/aromatic N) is 1. The summed E-state index contributed by atoms with van der Waals surface area (Å²) in [5.74, 6) is -0.200. The fourth-order valence-electron chi connectivity index (χ4n) is 1.89. The number of aliphatic hydroxyl groups excluding tert-OH is 1. The molecule has 1 aromatic carbocycles. The number of hydrogen-bond donors (Lipinski definition) is 1. The van der Waals surface area contributed by atoms with Crippen LogP contribution in [0.15, 0.2) is 30.3 Å². The van der Waals surface area contributed by atoms with E-state index < -0.39 is 5.60 Å². The van der Waals surface area contributed by atoms with E-state index in [4.69, 9.17) is 9.84 Å². The largest absolute Gasteiger partial charge is 0.460 e. The van der Waals surface area contributed by atoms with E-state index in [0.29, 0.717) is 19.5 Å². The van der Waals surface area contributed by atoms with Crippen LogP contribution in [0.2, 0.25) is 0 Å². The van der Waals surface area contributed by atoms with Crippen molar-refractivity contribution in [2.24, 2.45) is 0 Å². The summed E-state index contributed by atoms with van der Waals surface area (Å²) in [4.78, 5) is 13.8. The third-order valence-corrected chi connectivity index (χ3v) is 2.72. The molecule has 0 heterocycles. The fourth-order valence-corrected chi connectivity index (χ4v) is 1.89. The lowest BCUT2D eigenvalue weighted by molar-refractivity contribution is -0.155. The summed E-state index contributed by atoms with van der Waals surface area (Å²) in [5.41, 5.74) is 0.725. The average molecular weight is 279 g/mol. The number of ether oxygens (including phenoxy) is 1. The molecule has 0 aromatic heterocycles. The summed E-state index contributed by atoms with van der Waals surface area (Å²) >= 11 is 0. The average Bonchev–Trinajstić information content (AvgIpc) is 2.35. The number of benzene rings is 1. The van der Waals surface area contributed by atoms with Crippen LogP contribution in [0.5, 0.6) is 0 Å². The SMILES string of the molecule is CC(C)(C)OC(=O)CCN(CCO)Cc1ccccc1. The van der Waals surface area contributed by atoms with Gasteiger partial charge in [0.15, 0.2) is 0 Å². The maximum absolute atomic E-state index is 11.7. The first-order chi connectivity index (χ1) is 9.40. The second-order valence-electron chi connectivity index (χ2n) is 5.82. The Morgan fingerprint density at radius 3 is 2.40 bits per heavy atom. The van der Waals surface area contributed by atoms with Crippen LogP contribution in [0.3, 0.4) is 0 Å². The van der Waals surface area contributed by atoms with E-state index in [9.17, 15) is 4.79 Å². The van der Waals surface area contributed by atoms with E-state index in [2.05, 4.69) is 4.90 Å². The lowest BCUT2D eigenvalue weighted by Crippen LogP contribution is -2.31. The van der Waals surface area contributed by atoms with E-state index in [1.807, 2.05) is 51.1 Å².